The second-order valence-corrected chi connectivity index (χ2v) is 5.78. The Kier molecular flexibility index (Phi) is 3.65. The molecule has 1 aromatic rings. The van der Waals surface area contributed by atoms with Gasteiger partial charge in [0.15, 0.2) is 0 Å². The van der Waals surface area contributed by atoms with Gasteiger partial charge in [0, 0.05) is 5.46 Å². The predicted octanol–water partition coefficient (Wildman–Crippen LogP) is 1.91. The summed E-state index contributed by atoms with van der Waals surface area (Å²) in [7, 11) is 0.316. The van der Waals surface area contributed by atoms with Crippen LogP contribution in [0.1, 0.15) is 38.1 Å². The fourth-order valence-electron chi connectivity index (χ4n) is 2.03. The third-order valence-electron chi connectivity index (χ3n) is 3.95. The van der Waals surface area contributed by atoms with Crippen molar-refractivity contribution in [3.05, 3.63) is 29.6 Å². The van der Waals surface area contributed by atoms with Crippen molar-refractivity contribution in [1.82, 2.24) is 0 Å². The van der Waals surface area contributed by atoms with Gasteiger partial charge < -0.3 is 14.0 Å². The van der Waals surface area contributed by atoms with E-state index in [2.05, 4.69) is 4.74 Å². The highest BCUT2D eigenvalue weighted by Gasteiger charge is 2.53. The number of rotatable bonds is 2. The summed E-state index contributed by atoms with van der Waals surface area (Å²) in [5, 5.41) is 0. The van der Waals surface area contributed by atoms with Crippen LogP contribution in [-0.2, 0) is 14.0 Å². The number of hydrogen-bond acceptors (Lipinski definition) is 4. The van der Waals surface area contributed by atoms with E-state index in [1.54, 1.807) is 0 Å². The van der Waals surface area contributed by atoms with Crippen molar-refractivity contribution >= 4 is 18.6 Å². The third-order valence-corrected chi connectivity index (χ3v) is 3.95. The lowest BCUT2D eigenvalue weighted by atomic mass is 9.75. The Morgan fingerprint density at radius 1 is 1.20 bits per heavy atom. The van der Waals surface area contributed by atoms with Crippen LogP contribution >= 0.6 is 0 Å². The molecule has 0 aliphatic carbocycles. The molecule has 2 rings (SSSR count). The summed E-state index contributed by atoms with van der Waals surface area (Å²) in [5.74, 6) is -1.17. The molecule has 0 saturated carbocycles. The van der Waals surface area contributed by atoms with Gasteiger partial charge >= 0.3 is 13.1 Å². The molecule has 1 saturated heterocycles. The molecule has 108 valence electrons. The predicted molar refractivity (Wildman–Crippen MR) is 73.5 cm³/mol. The fourth-order valence-corrected chi connectivity index (χ4v) is 2.03. The molecule has 0 unspecified atom stereocenters. The molecule has 0 spiro atoms. The van der Waals surface area contributed by atoms with Gasteiger partial charge in [-0.3, -0.25) is 0 Å². The van der Waals surface area contributed by atoms with Gasteiger partial charge in [-0.15, -0.1) is 0 Å². The summed E-state index contributed by atoms with van der Waals surface area (Å²) >= 11 is 0. The van der Waals surface area contributed by atoms with Crippen molar-refractivity contribution < 1.29 is 23.2 Å². The Morgan fingerprint density at radius 3 is 2.25 bits per heavy atom. The first-order valence-corrected chi connectivity index (χ1v) is 6.42. The van der Waals surface area contributed by atoms with Crippen molar-refractivity contribution in [2.75, 3.05) is 7.11 Å². The highest BCUT2D eigenvalue weighted by molar-refractivity contribution is 6.63. The van der Waals surface area contributed by atoms with Crippen LogP contribution in [0.4, 0.5) is 4.39 Å². The molecule has 1 aliphatic heterocycles. The van der Waals surface area contributed by atoms with Crippen LogP contribution in [0.25, 0.3) is 0 Å². The van der Waals surface area contributed by atoms with Gasteiger partial charge in [-0.25, -0.2) is 9.18 Å². The summed E-state index contributed by atoms with van der Waals surface area (Å²) < 4.78 is 30.4. The minimum absolute atomic E-state index is 0.0815. The van der Waals surface area contributed by atoms with E-state index >= 15 is 0 Å². The first-order valence-electron chi connectivity index (χ1n) is 6.42. The summed E-state index contributed by atoms with van der Waals surface area (Å²) in [6.45, 7) is 7.47. The van der Waals surface area contributed by atoms with Crippen LogP contribution in [-0.4, -0.2) is 31.4 Å². The molecule has 0 radical (unpaired) electrons. The number of carbonyl (C=O) groups excluding carboxylic acids is 1. The minimum Gasteiger partial charge on any atom is -0.465 e. The Morgan fingerprint density at radius 2 is 1.75 bits per heavy atom. The topological polar surface area (TPSA) is 44.8 Å². The molecular weight excluding hydrogens is 262 g/mol. The highest BCUT2D eigenvalue weighted by atomic mass is 19.1. The van der Waals surface area contributed by atoms with E-state index in [9.17, 15) is 9.18 Å². The normalized spacial score (nSPS) is 20.0. The standard InChI is InChI=1S/C14H18BFO4/c1-13(2)14(3,4)20-15(19-13)11-9(12(17)18-5)7-6-8-10(11)16/h6-8H,1-5H3. The maximum Gasteiger partial charge on any atom is 0.498 e. The molecule has 4 nitrogen and oxygen atoms in total. The van der Waals surface area contributed by atoms with Gasteiger partial charge in [-0.2, -0.15) is 0 Å². The molecule has 0 atom stereocenters. The smallest absolute Gasteiger partial charge is 0.465 e. The Bertz CT molecular complexity index is 526. The second kappa shape index (κ2) is 4.86. The zero-order valence-electron chi connectivity index (χ0n) is 12.3. The third kappa shape index (κ3) is 2.34. The molecule has 1 aromatic carbocycles. The van der Waals surface area contributed by atoms with Crippen LogP contribution in [0.2, 0.25) is 0 Å². The van der Waals surface area contributed by atoms with Crippen LogP contribution < -0.4 is 5.46 Å². The Balaban J connectivity index is 2.47. The maximum absolute atomic E-state index is 14.1. The van der Waals surface area contributed by atoms with Crippen LogP contribution in [0, 0.1) is 5.82 Å². The summed E-state index contributed by atoms with van der Waals surface area (Å²) in [4.78, 5) is 11.8. The number of benzene rings is 1. The molecular formula is C14H18BFO4. The van der Waals surface area contributed by atoms with Crippen molar-refractivity contribution in [2.45, 2.75) is 38.9 Å². The SMILES string of the molecule is COC(=O)c1cccc(F)c1B1OC(C)(C)C(C)(C)O1. The van der Waals surface area contributed by atoms with Crippen molar-refractivity contribution in [3.63, 3.8) is 0 Å². The van der Waals surface area contributed by atoms with E-state index < -0.39 is 30.1 Å². The van der Waals surface area contributed by atoms with Gasteiger partial charge in [-0.1, -0.05) is 6.07 Å². The van der Waals surface area contributed by atoms with Crippen LogP contribution in [0.15, 0.2) is 18.2 Å². The first-order chi connectivity index (χ1) is 9.19. The van der Waals surface area contributed by atoms with Gasteiger partial charge in [-0.05, 0) is 39.8 Å². The van der Waals surface area contributed by atoms with Gasteiger partial charge in [0.05, 0.1) is 23.9 Å². The Hall–Kier alpha value is -1.40. The molecule has 0 aromatic heterocycles. The lowest BCUT2D eigenvalue weighted by molar-refractivity contribution is 0.00578. The number of esters is 1. The van der Waals surface area contributed by atoms with Gasteiger partial charge in [0.25, 0.3) is 0 Å². The van der Waals surface area contributed by atoms with Gasteiger partial charge in [0.1, 0.15) is 5.82 Å². The molecule has 1 fully saturated rings. The summed E-state index contributed by atoms with van der Waals surface area (Å²) in [5.41, 5.74) is -1.01. The molecule has 6 heteroatoms. The number of hydrogen-bond donors (Lipinski definition) is 0. The largest absolute Gasteiger partial charge is 0.498 e. The molecule has 0 bridgehead atoms. The van der Waals surface area contributed by atoms with E-state index in [1.165, 1.54) is 25.3 Å². The molecule has 1 aliphatic rings. The minimum atomic E-state index is -0.935. The average Bonchev–Trinajstić information content (AvgIpc) is 2.56. The zero-order chi connectivity index (χ0) is 15.1. The summed E-state index contributed by atoms with van der Waals surface area (Å²) in [6.07, 6.45) is 0. The Labute approximate surface area is 118 Å². The van der Waals surface area contributed by atoms with Crippen molar-refractivity contribution in [1.29, 1.82) is 0 Å². The number of halogens is 1. The van der Waals surface area contributed by atoms with E-state index in [0.29, 0.717) is 0 Å². The molecule has 1 heterocycles. The quantitative estimate of drug-likeness (QED) is 0.613. The zero-order valence-corrected chi connectivity index (χ0v) is 12.3. The maximum atomic E-state index is 14.1. The van der Waals surface area contributed by atoms with Crippen LogP contribution in [0.5, 0.6) is 0 Å². The van der Waals surface area contributed by atoms with Gasteiger partial charge in [0.2, 0.25) is 0 Å². The number of ether oxygens (including phenoxy) is 1. The fraction of sp³-hybridized carbons (Fsp3) is 0.500. The second-order valence-electron chi connectivity index (χ2n) is 5.78. The van der Waals surface area contributed by atoms with E-state index in [1.807, 2.05) is 27.7 Å². The van der Waals surface area contributed by atoms with Crippen molar-refractivity contribution in [3.8, 4) is 0 Å². The highest BCUT2D eigenvalue weighted by Crippen LogP contribution is 2.36. The number of methoxy groups -OCH3 is 1. The summed E-state index contributed by atoms with van der Waals surface area (Å²) in [6, 6.07) is 4.22. The number of carbonyl (C=O) groups is 1. The lowest BCUT2D eigenvalue weighted by Crippen LogP contribution is -2.41. The molecule has 0 N–H and O–H groups in total. The average molecular weight is 280 g/mol. The van der Waals surface area contributed by atoms with Crippen LogP contribution in [0.3, 0.4) is 0 Å². The van der Waals surface area contributed by atoms with E-state index in [4.69, 9.17) is 9.31 Å². The molecule has 0 amide bonds. The van der Waals surface area contributed by atoms with Crippen molar-refractivity contribution in [2.24, 2.45) is 0 Å². The monoisotopic (exact) mass is 280 g/mol. The van der Waals surface area contributed by atoms with E-state index in [0.717, 1.165) is 0 Å². The lowest BCUT2D eigenvalue weighted by Gasteiger charge is -2.32. The first kappa shape index (κ1) is 15.0. The van der Waals surface area contributed by atoms with E-state index in [-0.39, 0.29) is 11.0 Å². The molecule has 20 heavy (non-hydrogen) atoms.